The summed E-state index contributed by atoms with van der Waals surface area (Å²) in [5.74, 6) is 2.96. The van der Waals surface area contributed by atoms with Gasteiger partial charge in [0.05, 0.1) is 30.8 Å². The number of nitrogens with one attached hydrogen (secondary N) is 1. The normalized spacial score (nSPS) is 13.8. The number of imidazole rings is 1. The predicted octanol–water partition coefficient (Wildman–Crippen LogP) is 3.97. The lowest BCUT2D eigenvalue weighted by molar-refractivity contribution is 0.310. The Labute approximate surface area is 201 Å². The molecule has 1 aliphatic rings. The summed E-state index contributed by atoms with van der Waals surface area (Å²) in [6, 6.07) is 11.7. The number of aromatic amines is 1. The summed E-state index contributed by atoms with van der Waals surface area (Å²) >= 11 is 1.69. The highest BCUT2D eigenvalue weighted by molar-refractivity contribution is 7.98. The van der Waals surface area contributed by atoms with E-state index in [1.54, 1.807) is 31.3 Å². The molecule has 0 amide bonds. The number of nitrogens with zero attached hydrogens (tertiary/aromatic N) is 4. The van der Waals surface area contributed by atoms with E-state index in [0.29, 0.717) is 18.1 Å². The van der Waals surface area contributed by atoms with Gasteiger partial charge < -0.3 is 19.4 Å². The zero-order valence-electron chi connectivity index (χ0n) is 19.4. The number of benzene rings is 2. The van der Waals surface area contributed by atoms with Crippen molar-refractivity contribution in [2.75, 3.05) is 43.7 Å². The second-order valence-corrected chi connectivity index (χ2v) is 8.97. The topological polar surface area (TPSA) is 85.0 Å². The van der Waals surface area contributed by atoms with Crippen LogP contribution in [0.1, 0.15) is 18.5 Å². The molecule has 1 N–H and O–H groups in total. The van der Waals surface area contributed by atoms with Gasteiger partial charge in [0.25, 0.3) is 0 Å². The summed E-state index contributed by atoms with van der Waals surface area (Å²) in [7, 11) is 1.63. The number of H-pyrrole nitrogens is 1. The summed E-state index contributed by atoms with van der Waals surface area (Å²) in [6.07, 6.45) is 5.46. The number of fused-ring (bicyclic) bond motifs is 1. The third kappa shape index (κ3) is 4.11. The van der Waals surface area contributed by atoms with Gasteiger partial charge in [-0.15, -0.1) is 0 Å². The van der Waals surface area contributed by atoms with Crippen LogP contribution in [0.15, 0.2) is 53.6 Å². The number of hydrogen-bond acceptors (Lipinski definition) is 7. The minimum absolute atomic E-state index is 0.148. The first-order chi connectivity index (χ1) is 16.6. The first kappa shape index (κ1) is 22.3. The van der Waals surface area contributed by atoms with E-state index in [0.717, 1.165) is 52.5 Å². The van der Waals surface area contributed by atoms with Crippen LogP contribution in [-0.2, 0) is 0 Å². The molecule has 0 spiro atoms. The van der Waals surface area contributed by atoms with E-state index in [-0.39, 0.29) is 11.7 Å². The summed E-state index contributed by atoms with van der Waals surface area (Å²) in [4.78, 5) is 27.5. The van der Waals surface area contributed by atoms with Gasteiger partial charge in [0, 0.05) is 36.8 Å². The van der Waals surface area contributed by atoms with Gasteiger partial charge in [0.2, 0.25) is 0 Å². The van der Waals surface area contributed by atoms with E-state index in [2.05, 4.69) is 19.9 Å². The number of hydrogen-bond donors (Lipinski definition) is 1. The fraction of sp³-hybridized carbons (Fsp3) is 0.320. The van der Waals surface area contributed by atoms with E-state index in [4.69, 9.17) is 9.47 Å². The van der Waals surface area contributed by atoms with Gasteiger partial charge in [-0.1, -0.05) is 12.1 Å². The van der Waals surface area contributed by atoms with Crippen LogP contribution < -0.4 is 20.1 Å². The predicted molar refractivity (Wildman–Crippen MR) is 136 cm³/mol. The minimum atomic E-state index is -0.170. The molecule has 1 saturated heterocycles. The SMILES string of the molecule is CCOc1cc(C(CSC)n2c(=O)[nH]c3cc(-c4nccnc4N4CC4)ccc32)ccc1OC. The van der Waals surface area contributed by atoms with Crippen molar-refractivity contribution in [3.8, 4) is 22.8 Å². The maximum absolute atomic E-state index is 13.2. The fourth-order valence-corrected chi connectivity index (χ4v) is 4.92. The smallest absolute Gasteiger partial charge is 0.327 e. The Morgan fingerprint density at radius 1 is 1.12 bits per heavy atom. The van der Waals surface area contributed by atoms with Crippen molar-refractivity contribution in [2.24, 2.45) is 0 Å². The van der Waals surface area contributed by atoms with Crippen LogP contribution in [0.3, 0.4) is 0 Å². The highest BCUT2D eigenvalue weighted by Gasteiger charge is 2.25. The Kier molecular flexibility index (Phi) is 6.19. The Hall–Kier alpha value is -3.46. The van der Waals surface area contributed by atoms with E-state index in [1.807, 2.05) is 54.1 Å². The molecule has 176 valence electrons. The van der Waals surface area contributed by atoms with Crippen LogP contribution in [0.4, 0.5) is 5.82 Å². The highest BCUT2D eigenvalue weighted by Crippen LogP contribution is 2.35. The van der Waals surface area contributed by atoms with Gasteiger partial charge in [0.15, 0.2) is 17.3 Å². The van der Waals surface area contributed by atoms with Gasteiger partial charge >= 0.3 is 5.69 Å². The van der Waals surface area contributed by atoms with Gasteiger partial charge in [-0.2, -0.15) is 11.8 Å². The summed E-state index contributed by atoms with van der Waals surface area (Å²) in [5, 5.41) is 0. The Morgan fingerprint density at radius 3 is 2.68 bits per heavy atom. The summed E-state index contributed by atoms with van der Waals surface area (Å²) in [5.41, 5.74) is 4.22. The third-order valence-electron chi connectivity index (χ3n) is 5.92. The molecule has 3 heterocycles. The molecule has 0 radical (unpaired) electrons. The Balaban J connectivity index is 1.59. The fourth-order valence-electron chi connectivity index (χ4n) is 4.26. The molecule has 34 heavy (non-hydrogen) atoms. The van der Waals surface area contributed by atoms with Crippen molar-refractivity contribution in [2.45, 2.75) is 13.0 Å². The molecule has 9 heteroatoms. The number of anilines is 1. The second kappa shape index (κ2) is 9.42. The molecule has 1 atom stereocenters. The molecule has 0 bridgehead atoms. The standard InChI is InChI=1S/C25H27N5O3S/c1-4-33-22-14-16(6-8-21(22)32-2)20(15-34-3)30-19-7-5-17(13-18(19)28-25(30)31)23-24(29-11-12-29)27-10-9-26-23/h5-10,13-14,20H,4,11-12,15H2,1-3H3,(H,28,31). The van der Waals surface area contributed by atoms with Crippen LogP contribution in [0.2, 0.25) is 0 Å². The maximum Gasteiger partial charge on any atom is 0.327 e. The van der Waals surface area contributed by atoms with Crippen molar-refractivity contribution in [1.82, 2.24) is 19.5 Å². The molecular weight excluding hydrogens is 450 g/mol. The van der Waals surface area contributed by atoms with Crippen molar-refractivity contribution < 1.29 is 9.47 Å². The zero-order valence-corrected chi connectivity index (χ0v) is 20.3. The number of rotatable bonds is 9. The Bertz CT molecular complexity index is 1380. The van der Waals surface area contributed by atoms with E-state index in [9.17, 15) is 4.79 Å². The molecular formula is C25H27N5O3S. The van der Waals surface area contributed by atoms with E-state index < -0.39 is 0 Å². The molecule has 0 saturated carbocycles. The Morgan fingerprint density at radius 2 is 1.94 bits per heavy atom. The maximum atomic E-state index is 13.2. The van der Waals surface area contributed by atoms with Crippen LogP contribution in [0, 0.1) is 0 Å². The molecule has 1 fully saturated rings. The molecule has 4 aromatic rings. The first-order valence-electron chi connectivity index (χ1n) is 11.2. The molecule has 8 nitrogen and oxygen atoms in total. The zero-order chi connectivity index (χ0) is 23.7. The van der Waals surface area contributed by atoms with Crippen LogP contribution in [0.25, 0.3) is 22.3 Å². The highest BCUT2D eigenvalue weighted by atomic mass is 32.2. The van der Waals surface area contributed by atoms with Crippen LogP contribution >= 0.6 is 11.8 Å². The molecule has 2 aromatic heterocycles. The van der Waals surface area contributed by atoms with E-state index >= 15 is 0 Å². The number of aromatic nitrogens is 4. The van der Waals surface area contributed by atoms with E-state index in [1.165, 1.54) is 0 Å². The second-order valence-electron chi connectivity index (χ2n) is 8.06. The lowest BCUT2D eigenvalue weighted by Gasteiger charge is -2.20. The monoisotopic (exact) mass is 477 g/mol. The number of methoxy groups -OCH3 is 1. The lowest BCUT2D eigenvalue weighted by atomic mass is 10.1. The summed E-state index contributed by atoms with van der Waals surface area (Å²) < 4.78 is 13.1. The summed E-state index contributed by atoms with van der Waals surface area (Å²) in [6.45, 7) is 4.45. The molecule has 2 aromatic carbocycles. The van der Waals surface area contributed by atoms with Gasteiger partial charge in [0.1, 0.15) is 5.69 Å². The van der Waals surface area contributed by atoms with Crippen molar-refractivity contribution in [1.29, 1.82) is 0 Å². The van der Waals surface area contributed by atoms with Gasteiger partial charge in [-0.05, 0) is 43.0 Å². The molecule has 5 rings (SSSR count). The quantitative estimate of drug-likeness (QED) is 0.365. The average Bonchev–Trinajstić information content (AvgIpc) is 3.65. The van der Waals surface area contributed by atoms with Gasteiger partial charge in [-0.25, -0.2) is 9.78 Å². The van der Waals surface area contributed by atoms with Crippen LogP contribution in [-0.4, -0.2) is 58.3 Å². The molecule has 0 aliphatic carbocycles. The molecule has 1 aliphatic heterocycles. The van der Waals surface area contributed by atoms with Crippen molar-refractivity contribution >= 4 is 28.6 Å². The van der Waals surface area contributed by atoms with Crippen molar-refractivity contribution in [3.63, 3.8) is 0 Å². The van der Waals surface area contributed by atoms with Gasteiger partial charge in [-0.3, -0.25) is 9.55 Å². The first-order valence-corrected chi connectivity index (χ1v) is 12.6. The lowest BCUT2D eigenvalue weighted by Crippen LogP contribution is -2.24. The van der Waals surface area contributed by atoms with Crippen molar-refractivity contribution in [3.05, 3.63) is 64.8 Å². The largest absolute Gasteiger partial charge is 0.493 e. The minimum Gasteiger partial charge on any atom is -0.493 e. The van der Waals surface area contributed by atoms with Crippen LogP contribution in [0.5, 0.6) is 11.5 Å². The molecule has 1 unspecified atom stereocenters. The number of ether oxygens (including phenoxy) is 2. The average molecular weight is 478 g/mol. The number of thioether (sulfide) groups is 1. The third-order valence-corrected chi connectivity index (χ3v) is 6.57.